The van der Waals surface area contributed by atoms with Crippen molar-refractivity contribution in [1.82, 2.24) is 15.6 Å². The molecule has 0 saturated carbocycles. The molecule has 0 spiro atoms. The summed E-state index contributed by atoms with van der Waals surface area (Å²) in [5.74, 6) is -0.0416. The summed E-state index contributed by atoms with van der Waals surface area (Å²) in [6, 6.07) is 5.83. The smallest absolute Gasteiger partial charge is 0.251 e. The number of nitrogens with one attached hydrogen (secondary N) is 2. The Labute approximate surface area is 146 Å². The number of aromatic nitrogens is 1. The van der Waals surface area contributed by atoms with Gasteiger partial charge in [0.15, 0.2) is 0 Å². The van der Waals surface area contributed by atoms with Crippen LogP contribution < -0.4 is 10.6 Å². The summed E-state index contributed by atoms with van der Waals surface area (Å²) in [6.07, 6.45) is 0. The number of hydrogen-bond donors (Lipinski definition) is 2. The van der Waals surface area contributed by atoms with Gasteiger partial charge in [-0.3, -0.25) is 4.79 Å². The maximum absolute atomic E-state index is 12.3. The first-order valence-corrected chi connectivity index (χ1v) is 7.57. The summed E-state index contributed by atoms with van der Waals surface area (Å²) >= 11 is 1.58. The Morgan fingerprint density at radius 2 is 2.05 bits per heavy atom. The normalized spacial score (nSPS) is 13.5. The Morgan fingerprint density at radius 3 is 2.73 bits per heavy atom. The number of fused-ring (bicyclic) bond motifs is 1. The molecule has 1 amide bonds. The highest BCUT2D eigenvalue weighted by atomic mass is 35.5. The standard InChI is InChI=1S/C15H17N3OS.2ClH/c1-9-8-20-15(17-9)10(2)18-14(19)11-3-4-12-6-16-7-13(12)5-11;;/h3-5,8,10,16H,6-7H2,1-2H3,(H,18,19);2*1H. The van der Waals surface area contributed by atoms with Crippen molar-refractivity contribution in [2.24, 2.45) is 0 Å². The van der Waals surface area contributed by atoms with Crippen LogP contribution in [0.4, 0.5) is 0 Å². The Kier molecular flexibility index (Phi) is 6.81. The summed E-state index contributed by atoms with van der Waals surface area (Å²) in [5, 5.41) is 9.23. The van der Waals surface area contributed by atoms with Crippen LogP contribution in [0.1, 0.15) is 45.2 Å². The zero-order valence-corrected chi connectivity index (χ0v) is 14.8. The molecule has 0 saturated heterocycles. The van der Waals surface area contributed by atoms with Crippen LogP contribution in [0.3, 0.4) is 0 Å². The lowest BCUT2D eigenvalue weighted by molar-refractivity contribution is 0.0939. The highest BCUT2D eigenvalue weighted by molar-refractivity contribution is 7.09. The van der Waals surface area contributed by atoms with Gasteiger partial charge in [-0.05, 0) is 37.1 Å². The fourth-order valence-corrected chi connectivity index (χ4v) is 3.15. The molecule has 7 heteroatoms. The Morgan fingerprint density at radius 1 is 1.32 bits per heavy atom. The Bertz CT molecular complexity index is 660. The number of amides is 1. The van der Waals surface area contributed by atoms with Gasteiger partial charge in [0.1, 0.15) is 5.01 Å². The Balaban J connectivity index is 0.00000121. The molecular formula is C15H19Cl2N3OS. The third-order valence-electron chi connectivity index (χ3n) is 3.45. The molecule has 2 heterocycles. The quantitative estimate of drug-likeness (QED) is 0.882. The van der Waals surface area contributed by atoms with Crippen LogP contribution in [0.25, 0.3) is 0 Å². The summed E-state index contributed by atoms with van der Waals surface area (Å²) in [5.41, 5.74) is 4.21. The lowest BCUT2D eigenvalue weighted by Crippen LogP contribution is -2.26. The molecule has 1 aromatic heterocycles. The molecule has 0 bridgehead atoms. The third-order valence-corrected chi connectivity index (χ3v) is 4.60. The fraction of sp³-hybridized carbons (Fsp3) is 0.333. The number of hydrogen-bond acceptors (Lipinski definition) is 4. The van der Waals surface area contributed by atoms with Crippen LogP contribution in [0, 0.1) is 6.92 Å². The number of aryl methyl sites for hydroxylation is 1. The van der Waals surface area contributed by atoms with E-state index in [1.165, 1.54) is 11.1 Å². The SMILES string of the molecule is Cc1csc(C(C)NC(=O)c2ccc3c(c2)CNC3)n1.Cl.Cl. The zero-order valence-electron chi connectivity index (χ0n) is 12.4. The number of carbonyl (C=O) groups excluding carboxylic acids is 1. The van der Waals surface area contributed by atoms with Gasteiger partial charge in [0.25, 0.3) is 5.91 Å². The van der Waals surface area contributed by atoms with Gasteiger partial charge in [0, 0.05) is 29.7 Å². The number of benzene rings is 1. The maximum Gasteiger partial charge on any atom is 0.251 e. The van der Waals surface area contributed by atoms with Crippen molar-refractivity contribution in [1.29, 1.82) is 0 Å². The molecule has 1 aliphatic heterocycles. The fourth-order valence-electron chi connectivity index (χ4n) is 2.35. The lowest BCUT2D eigenvalue weighted by Gasteiger charge is -2.12. The predicted octanol–water partition coefficient (Wildman–Crippen LogP) is 3.39. The van der Waals surface area contributed by atoms with E-state index in [2.05, 4.69) is 15.6 Å². The lowest BCUT2D eigenvalue weighted by atomic mass is 10.1. The van der Waals surface area contributed by atoms with E-state index in [1.54, 1.807) is 11.3 Å². The highest BCUT2D eigenvalue weighted by Gasteiger charge is 2.16. The first-order valence-electron chi connectivity index (χ1n) is 6.69. The first kappa shape index (κ1) is 18.9. The summed E-state index contributed by atoms with van der Waals surface area (Å²) in [6.45, 7) is 5.66. The molecule has 2 N–H and O–H groups in total. The molecule has 1 atom stereocenters. The van der Waals surface area contributed by atoms with Gasteiger partial charge in [0.2, 0.25) is 0 Å². The largest absolute Gasteiger partial charge is 0.343 e. The summed E-state index contributed by atoms with van der Waals surface area (Å²) in [4.78, 5) is 16.7. The van der Waals surface area contributed by atoms with Gasteiger partial charge in [-0.25, -0.2) is 4.98 Å². The number of nitrogens with zero attached hydrogens (tertiary/aromatic N) is 1. The second kappa shape index (κ2) is 7.92. The van der Waals surface area contributed by atoms with Crippen molar-refractivity contribution < 1.29 is 4.79 Å². The summed E-state index contributed by atoms with van der Waals surface area (Å²) < 4.78 is 0. The van der Waals surface area contributed by atoms with Gasteiger partial charge in [-0.1, -0.05) is 6.07 Å². The van der Waals surface area contributed by atoms with E-state index in [0.29, 0.717) is 5.56 Å². The van der Waals surface area contributed by atoms with E-state index in [0.717, 1.165) is 23.8 Å². The molecule has 0 radical (unpaired) electrons. The minimum absolute atomic E-state index is 0. The molecule has 1 aliphatic rings. The van der Waals surface area contributed by atoms with Crippen LogP contribution in [0.15, 0.2) is 23.6 Å². The third kappa shape index (κ3) is 3.98. The average Bonchev–Trinajstić information content (AvgIpc) is 3.05. The minimum atomic E-state index is -0.0624. The van der Waals surface area contributed by atoms with Crippen molar-refractivity contribution in [3.63, 3.8) is 0 Å². The molecule has 3 rings (SSSR count). The first-order chi connectivity index (χ1) is 9.63. The minimum Gasteiger partial charge on any atom is -0.343 e. The van der Waals surface area contributed by atoms with Gasteiger partial charge in [-0.2, -0.15) is 0 Å². The second-order valence-electron chi connectivity index (χ2n) is 5.11. The second-order valence-corrected chi connectivity index (χ2v) is 6.00. The Hall–Kier alpha value is -1.14. The van der Waals surface area contributed by atoms with E-state index >= 15 is 0 Å². The topological polar surface area (TPSA) is 54.0 Å². The predicted molar refractivity (Wildman–Crippen MR) is 94.2 cm³/mol. The summed E-state index contributed by atoms with van der Waals surface area (Å²) in [7, 11) is 0. The molecule has 0 fully saturated rings. The van der Waals surface area contributed by atoms with Gasteiger partial charge >= 0.3 is 0 Å². The average molecular weight is 360 g/mol. The maximum atomic E-state index is 12.3. The van der Waals surface area contributed by atoms with Crippen LogP contribution in [0.5, 0.6) is 0 Å². The molecule has 1 unspecified atom stereocenters. The molecule has 22 heavy (non-hydrogen) atoms. The highest BCUT2D eigenvalue weighted by Crippen LogP contribution is 2.20. The van der Waals surface area contributed by atoms with Crippen molar-refractivity contribution in [3.8, 4) is 0 Å². The number of carbonyl (C=O) groups is 1. The number of halogens is 2. The van der Waals surface area contributed by atoms with E-state index < -0.39 is 0 Å². The molecule has 0 aliphatic carbocycles. The molecule has 2 aromatic rings. The molecular weight excluding hydrogens is 341 g/mol. The number of rotatable bonds is 3. The number of thiazole rings is 1. The van der Waals surface area contributed by atoms with E-state index in [4.69, 9.17) is 0 Å². The van der Waals surface area contributed by atoms with Crippen molar-refractivity contribution in [2.45, 2.75) is 33.0 Å². The monoisotopic (exact) mass is 359 g/mol. The van der Waals surface area contributed by atoms with Gasteiger partial charge in [0.05, 0.1) is 6.04 Å². The molecule has 4 nitrogen and oxygen atoms in total. The van der Waals surface area contributed by atoms with Crippen molar-refractivity contribution in [2.75, 3.05) is 0 Å². The van der Waals surface area contributed by atoms with Crippen LogP contribution in [-0.4, -0.2) is 10.9 Å². The van der Waals surface area contributed by atoms with Crippen LogP contribution in [0.2, 0.25) is 0 Å². The molecule has 120 valence electrons. The van der Waals surface area contributed by atoms with Crippen LogP contribution in [-0.2, 0) is 13.1 Å². The van der Waals surface area contributed by atoms with Crippen LogP contribution >= 0.6 is 36.2 Å². The van der Waals surface area contributed by atoms with E-state index in [9.17, 15) is 4.79 Å². The van der Waals surface area contributed by atoms with Crippen molar-refractivity contribution in [3.05, 3.63) is 51.0 Å². The van der Waals surface area contributed by atoms with Crippen molar-refractivity contribution >= 4 is 42.1 Å². The van der Waals surface area contributed by atoms with E-state index in [-0.39, 0.29) is 36.8 Å². The zero-order chi connectivity index (χ0) is 14.1. The molecule has 1 aromatic carbocycles. The van der Waals surface area contributed by atoms with E-state index in [1.807, 2.05) is 37.4 Å². The van der Waals surface area contributed by atoms with Gasteiger partial charge < -0.3 is 10.6 Å². The van der Waals surface area contributed by atoms with Gasteiger partial charge in [-0.15, -0.1) is 36.2 Å².